The molecule has 11 nitrogen and oxygen atoms in total. The summed E-state index contributed by atoms with van der Waals surface area (Å²) in [6, 6.07) is 0. The van der Waals surface area contributed by atoms with Crippen LogP contribution >= 0.6 is 0 Å². The van der Waals surface area contributed by atoms with Gasteiger partial charge in [0, 0.05) is 21.7 Å². The van der Waals surface area contributed by atoms with Gasteiger partial charge in [-0.2, -0.15) is 0 Å². The van der Waals surface area contributed by atoms with Crippen LogP contribution in [0.4, 0.5) is 0 Å². The fraction of sp³-hybridized carbons (Fsp3) is 1.00. The maximum absolute atomic E-state index is 10.8. The van der Waals surface area contributed by atoms with Gasteiger partial charge < -0.3 is 52.8 Å². The normalized spacial score (nSPS) is 23.1. The monoisotopic (exact) mass is 646 g/mol. The van der Waals surface area contributed by atoms with Crippen LogP contribution in [-0.2, 0) is 42.6 Å². The zero-order chi connectivity index (χ0) is 32.3. The van der Waals surface area contributed by atoms with Gasteiger partial charge >= 0.3 is 0 Å². The number of hydrogen-bond donors (Lipinski definition) is 2. The molecule has 0 unspecified atom stereocenters. The number of aliphatic hydroxyl groups is 2. The summed E-state index contributed by atoms with van der Waals surface area (Å²) in [5, 5.41) is 21.5. The standard InChI is InChI=1S/C34H62O11/c1-5-29(11-37-12-29)19-41-23-33(9-35,24-42-20-30(6-2)13-38-14-30)27-45-28-34(10-36,25-43-21-31(7-3)15-39-16-31)26-44-22-32(8-4)17-40-18-32/h35-36H,5-28H2,1-4H3. The summed E-state index contributed by atoms with van der Waals surface area (Å²) >= 11 is 0. The van der Waals surface area contributed by atoms with Crippen molar-refractivity contribution in [3.63, 3.8) is 0 Å². The Kier molecular flexibility index (Phi) is 13.9. The van der Waals surface area contributed by atoms with E-state index < -0.39 is 10.8 Å². The lowest BCUT2D eigenvalue weighted by molar-refractivity contribution is -0.193. The zero-order valence-corrected chi connectivity index (χ0v) is 28.5. The van der Waals surface area contributed by atoms with E-state index in [0.29, 0.717) is 79.3 Å². The number of hydrogen-bond acceptors (Lipinski definition) is 11. The van der Waals surface area contributed by atoms with Crippen molar-refractivity contribution in [3.8, 4) is 0 Å². The van der Waals surface area contributed by atoms with Crippen LogP contribution in [0, 0.1) is 32.5 Å². The van der Waals surface area contributed by atoms with Crippen LogP contribution in [0.1, 0.15) is 53.4 Å². The van der Waals surface area contributed by atoms with E-state index in [1.54, 1.807) is 0 Å². The molecule has 4 aliphatic heterocycles. The fourth-order valence-electron chi connectivity index (χ4n) is 6.07. The highest BCUT2D eigenvalue weighted by Gasteiger charge is 2.43. The Balaban J connectivity index is 1.38. The molecule has 4 rings (SSSR count). The summed E-state index contributed by atoms with van der Waals surface area (Å²) in [6.45, 7) is 17.7. The second-order valence-corrected chi connectivity index (χ2v) is 15.2. The number of aliphatic hydroxyl groups excluding tert-OH is 2. The highest BCUT2D eigenvalue weighted by Crippen LogP contribution is 2.36. The minimum Gasteiger partial charge on any atom is -0.396 e. The van der Waals surface area contributed by atoms with Crippen molar-refractivity contribution in [2.75, 3.05) is 132 Å². The smallest absolute Gasteiger partial charge is 0.0635 e. The third-order valence-corrected chi connectivity index (χ3v) is 11.0. The SMILES string of the molecule is CCC1(COCC(CO)(COCC2(CC)COC2)COCC(CO)(COCC2(CC)COC2)COCC2(CC)COC2)COC1. The van der Waals surface area contributed by atoms with Gasteiger partial charge in [-0.05, 0) is 25.7 Å². The van der Waals surface area contributed by atoms with Crippen molar-refractivity contribution in [2.45, 2.75) is 53.4 Å². The van der Waals surface area contributed by atoms with Gasteiger partial charge in [-0.15, -0.1) is 0 Å². The highest BCUT2D eigenvalue weighted by molar-refractivity contribution is 4.89. The van der Waals surface area contributed by atoms with Gasteiger partial charge in [0.05, 0.1) is 143 Å². The summed E-state index contributed by atoms with van der Waals surface area (Å²) in [6.07, 6.45) is 3.89. The lowest BCUT2D eigenvalue weighted by atomic mass is 9.83. The summed E-state index contributed by atoms with van der Waals surface area (Å²) in [5.74, 6) is 0. The first-order valence-electron chi connectivity index (χ1n) is 17.1. The molecule has 0 amide bonds. The number of rotatable bonds is 26. The molecule has 11 heteroatoms. The molecule has 264 valence electrons. The second-order valence-electron chi connectivity index (χ2n) is 15.2. The van der Waals surface area contributed by atoms with Crippen molar-refractivity contribution >= 4 is 0 Å². The average molecular weight is 647 g/mol. The topological polar surface area (TPSA) is 124 Å². The van der Waals surface area contributed by atoms with Crippen molar-refractivity contribution in [1.29, 1.82) is 0 Å². The first kappa shape index (κ1) is 37.4. The number of ether oxygens (including phenoxy) is 9. The van der Waals surface area contributed by atoms with Crippen molar-refractivity contribution in [2.24, 2.45) is 32.5 Å². The van der Waals surface area contributed by atoms with Crippen LogP contribution in [0.5, 0.6) is 0 Å². The fourth-order valence-corrected chi connectivity index (χ4v) is 6.07. The molecule has 0 aromatic heterocycles. The summed E-state index contributed by atoms with van der Waals surface area (Å²) < 4.78 is 53.4. The Morgan fingerprint density at radius 3 is 0.800 bits per heavy atom. The first-order chi connectivity index (χ1) is 21.7. The first-order valence-corrected chi connectivity index (χ1v) is 17.1. The predicted octanol–water partition coefficient (Wildman–Crippen LogP) is 2.73. The van der Waals surface area contributed by atoms with E-state index in [0.717, 1.165) is 25.7 Å². The van der Waals surface area contributed by atoms with Gasteiger partial charge in [0.15, 0.2) is 0 Å². The van der Waals surface area contributed by atoms with E-state index in [1.807, 2.05) is 0 Å². The minimum absolute atomic E-state index is 0.0296. The average Bonchev–Trinajstić information content (AvgIpc) is 2.98. The Morgan fingerprint density at radius 2 is 0.644 bits per heavy atom. The van der Waals surface area contributed by atoms with Crippen molar-refractivity contribution in [3.05, 3.63) is 0 Å². The van der Waals surface area contributed by atoms with Crippen LogP contribution in [0.25, 0.3) is 0 Å². The molecule has 0 aromatic carbocycles. The Labute approximate surface area is 270 Å². The lowest BCUT2D eigenvalue weighted by Crippen LogP contribution is -2.50. The molecule has 0 aliphatic carbocycles. The van der Waals surface area contributed by atoms with Gasteiger partial charge in [-0.25, -0.2) is 0 Å². The van der Waals surface area contributed by atoms with Crippen LogP contribution in [0.3, 0.4) is 0 Å². The molecular weight excluding hydrogens is 584 g/mol. The molecular formula is C34H62O11. The molecule has 4 heterocycles. The molecule has 4 saturated heterocycles. The van der Waals surface area contributed by atoms with Crippen molar-refractivity contribution < 1.29 is 52.8 Å². The maximum Gasteiger partial charge on any atom is 0.0635 e. The van der Waals surface area contributed by atoms with Crippen LogP contribution in [0.2, 0.25) is 0 Å². The van der Waals surface area contributed by atoms with E-state index in [9.17, 15) is 10.2 Å². The molecule has 4 aliphatic rings. The molecule has 4 fully saturated rings. The molecule has 0 spiro atoms. The predicted molar refractivity (Wildman–Crippen MR) is 167 cm³/mol. The molecule has 45 heavy (non-hydrogen) atoms. The van der Waals surface area contributed by atoms with E-state index in [1.165, 1.54) is 0 Å². The van der Waals surface area contributed by atoms with E-state index in [-0.39, 0.29) is 74.5 Å². The van der Waals surface area contributed by atoms with Gasteiger partial charge in [0.25, 0.3) is 0 Å². The third-order valence-electron chi connectivity index (χ3n) is 11.0. The van der Waals surface area contributed by atoms with Crippen molar-refractivity contribution in [1.82, 2.24) is 0 Å². The van der Waals surface area contributed by atoms with Gasteiger partial charge in [0.1, 0.15) is 0 Å². The Bertz CT molecular complexity index is 705. The molecule has 0 atom stereocenters. The lowest BCUT2D eigenvalue weighted by Gasteiger charge is -2.43. The summed E-state index contributed by atoms with van der Waals surface area (Å²) in [4.78, 5) is 0. The molecule has 0 saturated carbocycles. The minimum atomic E-state index is -0.771. The largest absolute Gasteiger partial charge is 0.396 e. The van der Waals surface area contributed by atoms with Gasteiger partial charge in [0.2, 0.25) is 0 Å². The van der Waals surface area contributed by atoms with Crippen LogP contribution in [-0.4, -0.2) is 142 Å². The quantitative estimate of drug-likeness (QED) is 0.144. The Hall–Kier alpha value is -0.440. The molecule has 0 aromatic rings. The van der Waals surface area contributed by atoms with E-state index in [2.05, 4.69) is 27.7 Å². The zero-order valence-electron chi connectivity index (χ0n) is 28.5. The Morgan fingerprint density at radius 1 is 0.422 bits per heavy atom. The van der Waals surface area contributed by atoms with Gasteiger partial charge in [-0.1, -0.05) is 27.7 Å². The molecule has 0 bridgehead atoms. The summed E-state index contributed by atoms with van der Waals surface area (Å²) in [7, 11) is 0. The third kappa shape index (κ3) is 9.38. The molecule has 2 N–H and O–H groups in total. The maximum atomic E-state index is 10.8. The molecule has 0 radical (unpaired) electrons. The highest BCUT2D eigenvalue weighted by atomic mass is 16.5. The van der Waals surface area contributed by atoms with Gasteiger partial charge in [-0.3, -0.25) is 0 Å². The van der Waals surface area contributed by atoms with Crippen LogP contribution in [0.15, 0.2) is 0 Å². The summed E-state index contributed by atoms with van der Waals surface area (Å²) in [5.41, 5.74) is -1.42. The van der Waals surface area contributed by atoms with Crippen LogP contribution < -0.4 is 0 Å². The van der Waals surface area contributed by atoms with E-state index >= 15 is 0 Å². The van der Waals surface area contributed by atoms with E-state index in [4.69, 9.17) is 42.6 Å². The second kappa shape index (κ2) is 16.8.